The van der Waals surface area contributed by atoms with Gasteiger partial charge in [-0.2, -0.15) is 0 Å². The molecule has 0 rings (SSSR count). The Morgan fingerprint density at radius 3 is 2.32 bits per heavy atom. The Kier molecular flexibility index (Phi) is 8.32. The van der Waals surface area contributed by atoms with Gasteiger partial charge >= 0.3 is 12.0 Å². The molecule has 0 radical (unpaired) electrons. The Labute approximate surface area is 112 Å². The molecule has 0 aliphatic carbocycles. The van der Waals surface area contributed by atoms with Gasteiger partial charge in [-0.3, -0.25) is 4.79 Å². The molecule has 0 bridgehead atoms. The second-order valence-corrected chi connectivity index (χ2v) is 4.58. The minimum absolute atomic E-state index is 0.0467. The van der Waals surface area contributed by atoms with Crippen LogP contribution in [0, 0.1) is 0 Å². The van der Waals surface area contributed by atoms with E-state index in [0.717, 1.165) is 25.7 Å². The predicted octanol–water partition coefficient (Wildman–Crippen LogP) is 0.583. The van der Waals surface area contributed by atoms with E-state index < -0.39 is 30.4 Å². The van der Waals surface area contributed by atoms with Crippen molar-refractivity contribution in [3.8, 4) is 0 Å². The second-order valence-electron chi connectivity index (χ2n) is 4.58. The first kappa shape index (κ1) is 17.2. The van der Waals surface area contributed by atoms with Gasteiger partial charge in [0, 0.05) is 6.04 Å². The van der Waals surface area contributed by atoms with E-state index >= 15 is 0 Å². The maximum absolute atomic E-state index is 11.5. The van der Waals surface area contributed by atoms with Gasteiger partial charge in [-0.1, -0.05) is 26.2 Å². The van der Waals surface area contributed by atoms with Crippen LogP contribution in [0.2, 0.25) is 0 Å². The topological polar surface area (TPSA) is 122 Å². The number of nitrogens with one attached hydrogen (secondary N) is 2. The van der Waals surface area contributed by atoms with Crippen LogP contribution in [0.25, 0.3) is 0 Å². The average Bonchev–Trinajstić information content (AvgIpc) is 2.27. The standard InChI is InChI=1S/C12H23N3O4/c1-3-4-5-6-8(2)14-12(19)15-9(11(17)18)7-10(13)16/h8-9H,3-7H2,1-2H3,(H2,13,16)(H,17,18)(H2,14,15,19). The number of rotatable bonds is 9. The van der Waals surface area contributed by atoms with Crippen molar-refractivity contribution in [2.45, 2.75) is 58.0 Å². The summed E-state index contributed by atoms with van der Waals surface area (Å²) in [5.41, 5.74) is 4.92. The molecule has 2 unspecified atom stereocenters. The van der Waals surface area contributed by atoms with E-state index in [1.807, 2.05) is 6.92 Å². The van der Waals surface area contributed by atoms with Crippen LogP contribution in [0.15, 0.2) is 0 Å². The van der Waals surface area contributed by atoms with Crippen molar-refractivity contribution >= 4 is 17.9 Å². The Bertz CT molecular complexity index is 320. The van der Waals surface area contributed by atoms with Crippen LogP contribution < -0.4 is 16.4 Å². The molecule has 0 fully saturated rings. The van der Waals surface area contributed by atoms with Crippen LogP contribution in [0.5, 0.6) is 0 Å². The molecule has 0 spiro atoms. The van der Waals surface area contributed by atoms with Crippen LogP contribution in [0.4, 0.5) is 4.79 Å². The third-order valence-electron chi connectivity index (χ3n) is 2.63. The average molecular weight is 273 g/mol. The lowest BCUT2D eigenvalue weighted by molar-refractivity contribution is -0.140. The molecule has 0 aliphatic heterocycles. The maximum Gasteiger partial charge on any atom is 0.326 e. The molecule has 5 N–H and O–H groups in total. The van der Waals surface area contributed by atoms with E-state index in [2.05, 4.69) is 17.6 Å². The molecular formula is C12H23N3O4. The summed E-state index contributed by atoms with van der Waals surface area (Å²) in [5, 5.41) is 13.7. The van der Waals surface area contributed by atoms with E-state index in [9.17, 15) is 14.4 Å². The molecule has 110 valence electrons. The first-order chi connectivity index (χ1) is 8.86. The fourth-order valence-corrected chi connectivity index (χ4v) is 1.60. The van der Waals surface area contributed by atoms with Crippen LogP contribution in [0.3, 0.4) is 0 Å². The summed E-state index contributed by atoms with van der Waals surface area (Å²) < 4.78 is 0. The van der Waals surface area contributed by atoms with Gasteiger partial charge in [0.2, 0.25) is 5.91 Å². The molecule has 2 atom stereocenters. The van der Waals surface area contributed by atoms with Crippen LogP contribution in [-0.2, 0) is 9.59 Å². The number of nitrogens with two attached hydrogens (primary N) is 1. The lowest BCUT2D eigenvalue weighted by Crippen LogP contribution is -2.49. The Morgan fingerprint density at radius 2 is 1.84 bits per heavy atom. The number of carboxylic acid groups (broad SMARTS) is 1. The van der Waals surface area contributed by atoms with E-state index in [1.54, 1.807) is 0 Å². The Morgan fingerprint density at radius 1 is 1.21 bits per heavy atom. The summed E-state index contributed by atoms with van der Waals surface area (Å²) in [6, 6.07) is -1.94. The summed E-state index contributed by atoms with van der Waals surface area (Å²) in [6.07, 6.45) is 3.59. The first-order valence-corrected chi connectivity index (χ1v) is 6.45. The van der Waals surface area contributed by atoms with Crippen LogP contribution in [0.1, 0.15) is 46.0 Å². The van der Waals surface area contributed by atoms with Crippen molar-refractivity contribution in [1.82, 2.24) is 10.6 Å². The number of amides is 3. The van der Waals surface area contributed by atoms with E-state index in [0.29, 0.717) is 0 Å². The van der Waals surface area contributed by atoms with Crippen molar-refractivity contribution in [3.63, 3.8) is 0 Å². The molecule has 0 aliphatic rings. The minimum atomic E-state index is -1.29. The first-order valence-electron chi connectivity index (χ1n) is 6.45. The highest BCUT2D eigenvalue weighted by Crippen LogP contribution is 2.02. The van der Waals surface area contributed by atoms with E-state index in [-0.39, 0.29) is 6.04 Å². The van der Waals surface area contributed by atoms with Crippen LogP contribution >= 0.6 is 0 Å². The van der Waals surface area contributed by atoms with Gasteiger partial charge in [0.1, 0.15) is 6.04 Å². The lowest BCUT2D eigenvalue weighted by atomic mass is 10.1. The second kappa shape index (κ2) is 9.18. The predicted molar refractivity (Wildman–Crippen MR) is 70.5 cm³/mol. The van der Waals surface area contributed by atoms with Gasteiger partial charge in [0.25, 0.3) is 0 Å². The highest BCUT2D eigenvalue weighted by Gasteiger charge is 2.22. The quantitative estimate of drug-likeness (QED) is 0.459. The third-order valence-corrected chi connectivity index (χ3v) is 2.63. The zero-order chi connectivity index (χ0) is 14.8. The van der Waals surface area contributed by atoms with Crippen molar-refractivity contribution < 1.29 is 19.5 Å². The largest absolute Gasteiger partial charge is 0.480 e. The van der Waals surface area contributed by atoms with E-state index in [1.165, 1.54) is 0 Å². The normalized spacial score (nSPS) is 13.4. The molecule has 3 amide bonds. The highest BCUT2D eigenvalue weighted by atomic mass is 16.4. The molecule has 0 aromatic heterocycles. The van der Waals surface area contributed by atoms with E-state index in [4.69, 9.17) is 10.8 Å². The SMILES string of the molecule is CCCCCC(C)NC(=O)NC(CC(N)=O)C(=O)O. The monoisotopic (exact) mass is 273 g/mol. The minimum Gasteiger partial charge on any atom is -0.480 e. The van der Waals surface area contributed by atoms with Crippen LogP contribution in [-0.4, -0.2) is 35.1 Å². The van der Waals surface area contributed by atoms with Gasteiger partial charge in [0.15, 0.2) is 0 Å². The number of carbonyl (C=O) groups excluding carboxylic acids is 2. The number of hydrogen-bond acceptors (Lipinski definition) is 3. The molecule has 0 saturated carbocycles. The highest BCUT2D eigenvalue weighted by molar-refractivity contribution is 5.87. The molecular weight excluding hydrogens is 250 g/mol. The van der Waals surface area contributed by atoms with Gasteiger partial charge in [-0.15, -0.1) is 0 Å². The molecule has 7 nitrogen and oxygen atoms in total. The summed E-state index contributed by atoms with van der Waals surface area (Å²) in [5.74, 6) is -2.06. The molecule has 19 heavy (non-hydrogen) atoms. The zero-order valence-corrected chi connectivity index (χ0v) is 11.4. The number of carboxylic acids is 1. The zero-order valence-electron chi connectivity index (χ0n) is 11.4. The summed E-state index contributed by atoms with van der Waals surface area (Å²) in [4.78, 5) is 33.0. The number of primary amides is 1. The molecule has 7 heteroatoms. The molecule has 0 heterocycles. The molecule has 0 aromatic rings. The summed E-state index contributed by atoms with van der Waals surface area (Å²) in [6.45, 7) is 3.94. The lowest BCUT2D eigenvalue weighted by Gasteiger charge is -2.17. The number of unbranched alkanes of at least 4 members (excludes halogenated alkanes) is 2. The number of aliphatic carboxylic acids is 1. The smallest absolute Gasteiger partial charge is 0.326 e. The number of urea groups is 1. The third kappa shape index (κ3) is 8.87. The fraction of sp³-hybridized carbons (Fsp3) is 0.750. The van der Waals surface area contributed by atoms with Crippen molar-refractivity contribution in [3.05, 3.63) is 0 Å². The Hall–Kier alpha value is -1.79. The van der Waals surface area contributed by atoms with Gasteiger partial charge < -0.3 is 21.5 Å². The maximum atomic E-state index is 11.5. The molecule has 0 aromatic carbocycles. The number of hydrogen-bond donors (Lipinski definition) is 4. The molecule has 0 saturated heterocycles. The Balaban J connectivity index is 4.11. The summed E-state index contributed by atoms with van der Waals surface area (Å²) >= 11 is 0. The van der Waals surface area contributed by atoms with Crippen molar-refractivity contribution in [2.24, 2.45) is 5.73 Å². The summed E-state index contributed by atoms with van der Waals surface area (Å²) in [7, 11) is 0. The van der Waals surface area contributed by atoms with Crippen molar-refractivity contribution in [2.75, 3.05) is 0 Å². The van der Waals surface area contributed by atoms with Gasteiger partial charge in [-0.25, -0.2) is 9.59 Å². The number of carbonyl (C=O) groups is 3. The van der Waals surface area contributed by atoms with Gasteiger partial charge in [0.05, 0.1) is 6.42 Å². The van der Waals surface area contributed by atoms with Crippen molar-refractivity contribution in [1.29, 1.82) is 0 Å². The van der Waals surface area contributed by atoms with Gasteiger partial charge in [-0.05, 0) is 13.3 Å². The fourth-order valence-electron chi connectivity index (χ4n) is 1.60.